The lowest BCUT2D eigenvalue weighted by Crippen LogP contribution is -2.34. The predicted octanol–water partition coefficient (Wildman–Crippen LogP) is 1.06. The van der Waals surface area contributed by atoms with E-state index in [-0.39, 0.29) is 5.78 Å². The number of aliphatic carboxylic acids is 2. The molecule has 0 radical (unpaired) electrons. The Labute approximate surface area is 165 Å². The van der Waals surface area contributed by atoms with Gasteiger partial charge in [-0.1, -0.05) is 43.5 Å². The lowest BCUT2D eigenvalue weighted by molar-refractivity contribution is -0.301. The minimum atomic E-state index is -1.55. The first-order chi connectivity index (χ1) is 13.5. The molecule has 1 aliphatic heterocycles. The Morgan fingerprint density at radius 2 is 1.39 bits per heavy atom. The van der Waals surface area contributed by atoms with Crippen molar-refractivity contribution < 1.29 is 24.6 Å². The normalized spacial score (nSPS) is 17.9. The fourth-order valence-corrected chi connectivity index (χ4v) is 3.75. The number of likely N-dealkylation sites (tertiary alicyclic amines) is 1. The van der Waals surface area contributed by atoms with E-state index < -0.39 is 11.9 Å². The van der Waals surface area contributed by atoms with E-state index in [9.17, 15) is 24.6 Å². The van der Waals surface area contributed by atoms with Crippen molar-refractivity contribution in [1.82, 2.24) is 4.90 Å². The molecule has 1 aromatic carbocycles. The van der Waals surface area contributed by atoms with Crippen molar-refractivity contribution in [3.05, 3.63) is 47.5 Å². The standard InChI is InChI=1S/C18H25NO.C4H4O4/c20-18(14-19-12-4-1-5-13-19)17-10-8-16(9-11-17)15-6-2-3-7-15;5-3(6)1-2-4(7)8/h8-11,15H,1-7,12-14H2;1-2H,(H,5,6)(H,7,8)/p-2/b;2-1-. The van der Waals surface area contributed by atoms with Gasteiger partial charge in [0, 0.05) is 5.56 Å². The number of hydrogen-bond donors (Lipinski definition) is 0. The molecule has 0 spiro atoms. The Balaban J connectivity index is 0.000000300. The summed E-state index contributed by atoms with van der Waals surface area (Å²) in [6.45, 7) is 2.78. The third-order valence-corrected chi connectivity index (χ3v) is 5.23. The molecular formula is C22H27NO5-2. The van der Waals surface area contributed by atoms with Crippen molar-refractivity contribution in [3.8, 4) is 0 Å². The van der Waals surface area contributed by atoms with Gasteiger partial charge in [-0.3, -0.25) is 9.69 Å². The first-order valence-corrected chi connectivity index (χ1v) is 9.91. The molecule has 1 aromatic rings. The first kappa shape index (κ1) is 21.8. The second-order valence-electron chi connectivity index (χ2n) is 7.33. The highest BCUT2D eigenvalue weighted by Gasteiger charge is 2.18. The Morgan fingerprint density at radius 3 is 1.89 bits per heavy atom. The first-order valence-electron chi connectivity index (χ1n) is 9.91. The number of carbonyl (C=O) groups is 3. The number of nitrogens with zero attached hydrogens (tertiary/aromatic N) is 1. The minimum absolute atomic E-state index is 0.282. The van der Waals surface area contributed by atoms with Gasteiger partial charge in [-0.2, -0.15) is 0 Å². The Hall–Kier alpha value is -2.47. The van der Waals surface area contributed by atoms with Gasteiger partial charge in [-0.05, 0) is 62.4 Å². The molecule has 0 amide bonds. The van der Waals surface area contributed by atoms with Crippen molar-refractivity contribution >= 4 is 17.7 Å². The number of rotatable bonds is 6. The maximum absolute atomic E-state index is 12.3. The van der Waals surface area contributed by atoms with E-state index in [1.807, 2.05) is 12.1 Å². The monoisotopic (exact) mass is 385 g/mol. The van der Waals surface area contributed by atoms with Gasteiger partial charge >= 0.3 is 0 Å². The number of carboxylic acid groups (broad SMARTS) is 2. The molecule has 6 heteroatoms. The number of carbonyl (C=O) groups excluding carboxylic acids is 3. The van der Waals surface area contributed by atoms with Gasteiger partial charge in [0.05, 0.1) is 18.5 Å². The third kappa shape index (κ3) is 7.64. The molecule has 6 nitrogen and oxygen atoms in total. The van der Waals surface area contributed by atoms with E-state index in [1.165, 1.54) is 50.5 Å². The molecule has 2 fully saturated rings. The summed E-state index contributed by atoms with van der Waals surface area (Å²) in [5.41, 5.74) is 2.31. The van der Waals surface area contributed by atoms with E-state index >= 15 is 0 Å². The van der Waals surface area contributed by atoms with Gasteiger partial charge in [0.25, 0.3) is 0 Å². The van der Waals surface area contributed by atoms with Gasteiger partial charge < -0.3 is 19.8 Å². The van der Waals surface area contributed by atoms with E-state index in [4.69, 9.17) is 0 Å². The molecule has 1 saturated carbocycles. The number of carboxylic acids is 2. The maximum atomic E-state index is 12.3. The van der Waals surface area contributed by atoms with Crippen LogP contribution < -0.4 is 10.2 Å². The van der Waals surface area contributed by atoms with Crippen LogP contribution in [-0.2, 0) is 9.59 Å². The molecule has 28 heavy (non-hydrogen) atoms. The zero-order chi connectivity index (χ0) is 20.4. The predicted molar refractivity (Wildman–Crippen MR) is 101 cm³/mol. The fraction of sp³-hybridized carbons (Fsp3) is 0.500. The quantitative estimate of drug-likeness (QED) is 0.536. The van der Waals surface area contributed by atoms with Crippen LogP contribution in [0.4, 0.5) is 0 Å². The lowest BCUT2D eigenvalue weighted by atomic mass is 9.96. The fourth-order valence-electron chi connectivity index (χ4n) is 3.75. The summed E-state index contributed by atoms with van der Waals surface area (Å²) in [4.78, 5) is 33.4. The van der Waals surface area contributed by atoms with Gasteiger partial charge in [0.15, 0.2) is 5.78 Å². The summed E-state index contributed by atoms with van der Waals surface area (Å²) < 4.78 is 0. The molecule has 0 bridgehead atoms. The van der Waals surface area contributed by atoms with Crippen LogP contribution in [0.2, 0.25) is 0 Å². The van der Waals surface area contributed by atoms with Crippen LogP contribution in [0.5, 0.6) is 0 Å². The van der Waals surface area contributed by atoms with Crippen LogP contribution in [0, 0.1) is 0 Å². The van der Waals surface area contributed by atoms with Gasteiger partial charge in [0.2, 0.25) is 0 Å². The van der Waals surface area contributed by atoms with E-state index in [0.29, 0.717) is 18.7 Å². The zero-order valence-corrected chi connectivity index (χ0v) is 16.1. The average molecular weight is 385 g/mol. The van der Waals surface area contributed by atoms with Crippen LogP contribution in [0.15, 0.2) is 36.4 Å². The average Bonchev–Trinajstić information content (AvgIpc) is 3.23. The zero-order valence-electron chi connectivity index (χ0n) is 16.1. The van der Waals surface area contributed by atoms with Crippen LogP contribution >= 0.6 is 0 Å². The smallest absolute Gasteiger partial charge is 0.176 e. The van der Waals surface area contributed by atoms with Crippen molar-refractivity contribution in [2.75, 3.05) is 19.6 Å². The minimum Gasteiger partial charge on any atom is -0.545 e. The lowest BCUT2D eigenvalue weighted by Gasteiger charge is -2.25. The Bertz CT molecular complexity index is 667. The molecule has 3 rings (SSSR count). The van der Waals surface area contributed by atoms with Crippen molar-refractivity contribution in [2.45, 2.75) is 50.9 Å². The van der Waals surface area contributed by atoms with Crippen LogP contribution in [0.3, 0.4) is 0 Å². The van der Waals surface area contributed by atoms with Crippen molar-refractivity contribution in [2.24, 2.45) is 0 Å². The third-order valence-electron chi connectivity index (χ3n) is 5.23. The molecule has 0 N–H and O–H groups in total. The Kier molecular flexibility index (Phi) is 8.88. The largest absolute Gasteiger partial charge is 0.545 e. The van der Waals surface area contributed by atoms with E-state index in [1.54, 1.807) is 0 Å². The van der Waals surface area contributed by atoms with Crippen molar-refractivity contribution in [1.29, 1.82) is 0 Å². The van der Waals surface area contributed by atoms with Crippen molar-refractivity contribution in [3.63, 3.8) is 0 Å². The summed E-state index contributed by atoms with van der Waals surface area (Å²) >= 11 is 0. The van der Waals surface area contributed by atoms with Crippen LogP contribution in [0.25, 0.3) is 0 Å². The Morgan fingerprint density at radius 1 is 0.857 bits per heavy atom. The topological polar surface area (TPSA) is 101 Å². The molecule has 0 unspecified atom stereocenters. The molecule has 0 atom stereocenters. The SMILES string of the molecule is O=C(CN1CCCCC1)c1ccc(C2CCCC2)cc1.O=C([O-])/C=C\C(=O)[O-]. The van der Waals surface area contributed by atoms with Gasteiger partial charge in [-0.25, -0.2) is 0 Å². The number of benzene rings is 1. The molecule has 2 aliphatic rings. The summed E-state index contributed by atoms with van der Waals surface area (Å²) in [5.74, 6) is -2.07. The van der Waals surface area contributed by atoms with Crippen LogP contribution in [0.1, 0.15) is 66.8 Å². The van der Waals surface area contributed by atoms with E-state index in [2.05, 4.69) is 17.0 Å². The molecule has 0 aromatic heterocycles. The highest BCUT2D eigenvalue weighted by Crippen LogP contribution is 2.33. The molecule has 1 heterocycles. The molecule has 1 aliphatic carbocycles. The summed E-state index contributed by atoms with van der Waals surface area (Å²) in [7, 11) is 0. The molecule has 152 valence electrons. The van der Waals surface area contributed by atoms with E-state index in [0.717, 1.165) is 24.6 Å². The number of ketones is 1. The number of piperidine rings is 1. The summed E-state index contributed by atoms with van der Waals surface area (Å²) in [6.07, 6.45) is 9.94. The van der Waals surface area contributed by atoms with Gasteiger partial charge in [-0.15, -0.1) is 0 Å². The highest BCUT2D eigenvalue weighted by atomic mass is 16.4. The molecule has 1 saturated heterocycles. The maximum Gasteiger partial charge on any atom is 0.176 e. The van der Waals surface area contributed by atoms with Gasteiger partial charge in [0.1, 0.15) is 0 Å². The number of Topliss-reactive ketones (excluding diaryl/α,β-unsaturated/α-hetero) is 1. The highest BCUT2D eigenvalue weighted by molar-refractivity contribution is 5.97. The van der Waals surface area contributed by atoms with Crippen LogP contribution in [-0.4, -0.2) is 42.3 Å². The summed E-state index contributed by atoms with van der Waals surface area (Å²) in [6, 6.07) is 8.44. The second kappa shape index (κ2) is 11.4. The second-order valence-corrected chi connectivity index (χ2v) is 7.33. The summed E-state index contributed by atoms with van der Waals surface area (Å²) in [5, 5.41) is 18.8. The number of hydrogen-bond acceptors (Lipinski definition) is 6. The molecular weight excluding hydrogens is 358 g/mol.